The Morgan fingerprint density at radius 2 is 1.69 bits per heavy atom. The fourth-order valence-corrected chi connectivity index (χ4v) is 4.51. The minimum atomic E-state index is -3.54. The summed E-state index contributed by atoms with van der Waals surface area (Å²) in [4.78, 5) is 24.3. The number of para-hydroxylation sites is 2. The standard InChI is InChI=1S/C20H22N2O6S/c1-27-18-7-3-2-6-17(18)21-19(23)14-28-20(24)15-8-10-16(11-9-15)29(25,26)22-12-4-5-13-22/h2-3,6-11H,4-5,12-14H2,1H3,(H,21,23). The van der Waals surface area contributed by atoms with Crippen molar-refractivity contribution in [2.75, 3.05) is 32.1 Å². The van der Waals surface area contributed by atoms with Crippen LogP contribution in [0.4, 0.5) is 5.69 Å². The van der Waals surface area contributed by atoms with E-state index >= 15 is 0 Å². The average Bonchev–Trinajstić information content (AvgIpc) is 3.28. The molecule has 0 bridgehead atoms. The third kappa shape index (κ3) is 4.93. The number of nitrogens with one attached hydrogen (secondary N) is 1. The van der Waals surface area contributed by atoms with E-state index in [-0.39, 0.29) is 10.5 Å². The largest absolute Gasteiger partial charge is 0.495 e. The van der Waals surface area contributed by atoms with Crippen LogP contribution in [0.3, 0.4) is 0 Å². The first kappa shape index (κ1) is 20.8. The molecule has 1 N–H and O–H groups in total. The van der Waals surface area contributed by atoms with Crippen LogP contribution in [0.1, 0.15) is 23.2 Å². The van der Waals surface area contributed by atoms with Crippen LogP contribution in [0.2, 0.25) is 0 Å². The molecular weight excluding hydrogens is 396 g/mol. The summed E-state index contributed by atoms with van der Waals surface area (Å²) >= 11 is 0. The number of anilines is 1. The van der Waals surface area contributed by atoms with Crippen LogP contribution in [0.25, 0.3) is 0 Å². The lowest BCUT2D eigenvalue weighted by molar-refractivity contribution is -0.119. The van der Waals surface area contributed by atoms with Gasteiger partial charge in [-0.15, -0.1) is 0 Å². The van der Waals surface area contributed by atoms with E-state index in [2.05, 4.69) is 5.32 Å². The molecule has 0 radical (unpaired) electrons. The van der Waals surface area contributed by atoms with E-state index in [1.807, 2.05) is 0 Å². The Hall–Kier alpha value is -2.91. The third-order valence-electron chi connectivity index (χ3n) is 4.51. The lowest BCUT2D eigenvalue weighted by Gasteiger charge is -2.15. The summed E-state index contributed by atoms with van der Waals surface area (Å²) in [5.41, 5.74) is 0.628. The maximum atomic E-state index is 12.5. The first-order valence-electron chi connectivity index (χ1n) is 9.12. The van der Waals surface area contributed by atoms with E-state index in [4.69, 9.17) is 9.47 Å². The molecule has 0 aromatic heterocycles. The number of carbonyl (C=O) groups is 2. The fraction of sp³-hybridized carbons (Fsp3) is 0.300. The maximum absolute atomic E-state index is 12.5. The van der Waals surface area contributed by atoms with Gasteiger partial charge in [-0.1, -0.05) is 12.1 Å². The Kier molecular flexibility index (Phi) is 6.50. The van der Waals surface area contributed by atoms with Gasteiger partial charge in [-0.25, -0.2) is 13.2 Å². The van der Waals surface area contributed by atoms with Crippen molar-refractivity contribution in [3.8, 4) is 5.75 Å². The number of hydrogen-bond donors (Lipinski definition) is 1. The van der Waals surface area contributed by atoms with Crippen molar-refractivity contribution in [1.82, 2.24) is 4.31 Å². The van der Waals surface area contributed by atoms with Gasteiger partial charge >= 0.3 is 5.97 Å². The highest BCUT2D eigenvalue weighted by Crippen LogP contribution is 2.23. The number of nitrogens with zero attached hydrogens (tertiary/aromatic N) is 1. The normalized spacial score (nSPS) is 14.4. The zero-order valence-corrected chi connectivity index (χ0v) is 16.8. The van der Waals surface area contributed by atoms with Crippen LogP contribution in [0.5, 0.6) is 5.75 Å². The predicted molar refractivity (Wildman–Crippen MR) is 106 cm³/mol. The number of rotatable bonds is 7. The van der Waals surface area contributed by atoms with Crippen molar-refractivity contribution in [3.63, 3.8) is 0 Å². The third-order valence-corrected chi connectivity index (χ3v) is 6.42. The SMILES string of the molecule is COc1ccccc1NC(=O)COC(=O)c1ccc(S(=O)(=O)N2CCCC2)cc1. The smallest absolute Gasteiger partial charge is 0.338 e. The van der Waals surface area contributed by atoms with Crippen molar-refractivity contribution in [2.45, 2.75) is 17.7 Å². The number of amides is 1. The van der Waals surface area contributed by atoms with E-state index in [0.717, 1.165) is 12.8 Å². The van der Waals surface area contributed by atoms with Crippen molar-refractivity contribution in [1.29, 1.82) is 0 Å². The molecule has 2 aromatic carbocycles. The van der Waals surface area contributed by atoms with Gasteiger partial charge in [-0.05, 0) is 49.2 Å². The second-order valence-electron chi connectivity index (χ2n) is 6.46. The molecule has 1 aliphatic rings. The number of esters is 1. The molecule has 0 atom stereocenters. The average molecular weight is 418 g/mol. The van der Waals surface area contributed by atoms with E-state index in [1.165, 1.54) is 35.7 Å². The summed E-state index contributed by atoms with van der Waals surface area (Å²) in [6.07, 6.45) is 1.70. The highest BCUT2D eigenvalue weighted by atomic mass is 32.2. The highest BCUT2D eigenvalue weighted by molar-refractivity contribution is 7.89. The fourth-order valence-electron chi connectivity index (χ4n) is 2.99. The summed E-state index contributed by atoms with van der Waals surface area (Å²) in [7, 11) is -2.06. The number of methoxy groups -OCH3 is 1. The van der Waals surface area contributed by atoms with Crippen LogP contribution in [-0.4, -0.2) is 51.4 Å². The highest BCUT2D eigenvalue weighted by Gasteiger charge is 2.27. The molecule has 1 fully saturated rings. The van der Waals surface area contributed by atoms with E-state index < -0.39 is 28.5 Å². The predicted octanol–water partition coefficient (Wildman–Crippen LogP) is 2.28. The van der Waals surface area contributed by atoms with Gasteiger partial charge in [-0.2, -0.15) is 4.31 Å². The first-order valence-corrected chi connectivity index (χ1v) is 10.6. The maximum Gasteiger partial charge on any atom is 0.338 e. The zero-order valence-electron chi connectivity index (χ0n) is 16.0. The second-order valence-corrected chi connectivity index (χ2v) is 8.40. The molecule has 0 spiro atoms. The Balaban J connectivity index is 1.57. The van der Waals surface area contributed by atoms with Gasteiger partial charge in [-0.3, -0.25) is 4.79 Å². The topological polar surface area (TPSA) is 102 Å². The summed E-state index contributed by atoms with van der Waals surface area (Å²) in [6, 6.07) is 12.4. The van der Waals surface area contributed by atoms with E-state index in [1.54, 1.807) is 24.3 Å². The number of benzene rings is 2. The number of sulfonamides is 1. The van der Waals surface area contributed by atoms with Crippen LogP contribution in [0, 0.1) is 0 Å². The number of ether oxygens (including phenoxy) is 2. The Bertz CT molecular complexity index is 982. The molecule has 1 aliphatic heterocycles. The van der Waals surface area contributed by atoms with Crippen LogP contribution >= 0.6 is 0 Å². The monoisotopic (exact) mass is 418 g/mol. The lowest BCUT2D eigenvalue weighted by Crippen LogP contribution is -2.27. The summed E-state index contributed by atoms with van der Waals surface area (Å²) in [6.45, 7) is 0.533. The molecule has 1 saturated heterocycles. The van der Waals surface area contributed by atoms with Crippen LogP contribution < -0.4 is 10.1 Å². The van der Waals surface area contributed by atoms with E-state index in [9.17, 15) is 18.0 Å². The summed E-state index contributed by atoms with van der Waals surface area (Å²) in [5.74, 6) is -0.747. The van der Waals surface area contributed by atoms with Gasteiger partial charge in [0.1, 0.15) is 5.75 Å². The molecule has 9 heteroatoms. The van der Waals surface area contributed by atoms with E-state index in [0.29, 0.717) is 24.5 Å². The van der Waals surface area contributed by atoms with Gasteiger partial charge in [0.2, 0.25) is 10.0 Å². The van der Waals surface area contributed by atoms with Crippen molar-refractivity contribution in [2.24, 2.45) is 0 Å². The van der Waals surface area contributed by atoms with Crippen molar-refractivity contribution < 1.29 is 27.5 Å². The Morgan fingerprint density at radius 3 is 2.34 bits per heavy atom. The molecule has 1 amide bonds. The van der Waals surface area contributed by atoms with Gasteiger partial charge in [0.15, 0.2) is 6.61 Å². The first-order chi connectivity index (χ1) is 13.9. The zero-order chi connectivity index (χ0) is 20.9. The molecular formula is C20H22N2O6S. The Morgan fingerprint density at radius 1 is 1.03 bits per heavy atom. The molecule has 0 unspecified atom stereocenters. The molecule has 1 heterocycles. The lowest BCUT2D eigenvalue weighted by atomic mass is 10.2. The number of carbonyl (C=O) groups excluding carboxylic acids is 2. The Labute approximate surface area is 169 Å². The molecule has 0 aliphatic carbocycles. The van der Waals surface area contributed by atoms with Gasteiger partial charge in [0.25, 0.3) is 5.91 Å². The molecule has 29 heavy (non-hydrogen) atoms. The molecule has 2 aromatic rings. The minimum Gasteiger partial charge on any atom is -0.495 e. The van der Waals surface area contributed by atoms with Crippen molar-refractivity contribution in [3.05, 3.63) is 54.1 Å². The second kappa shape index (κ2) is 9.06. The minimum absolute atomic E-state index is 0.130. The van der Waals surface area contributed by atoms with Gasteiger partial charge < -0.3 is 14.8 Å². The number of hydrogen-bond acceptors (Lipinski definition) is 6. The summed E-state index contributed by atoms with van der Waals surface area (Å²) in [5, 5.41) is 2.60. The van der Waals surface area contributed by atoms with Gasteiger partial charge in [0.05, 0.1) is 23.3 Å². The summed E-state index contributed by atoms with van der Waals surface area (Å²) < 4.78 is 36.6. The van der Waals surface area contributed by atoms with Crippen molar-refractivity contribution >= 4 is 27.6 Å². The molecule has 3 rings (SSSR count). The molecule has 0 saturated carbocycles. The van der Waals surface area contributed by atoms with Gasteiger partial charge in [0, 0.05) is 13.1 Å². The quantitative estimate of drug-likeness (QED) is 0.692. The van der Waals surface area contributed by atoms with Crippen LogP contribution in [-0.2, 0) is 19.6 Å². The molecule has 154 valence electrons. The molecule has 8 nitrogen and oxygen atoms in total. The van der Waals surface area contributed by atoms with Crippen LogP contribution in [0.15, 0.2) is 53.4 Å².